The van der Waals surface area contributed by atoms with E-state index < -0.39 is 11.9 Å². The second kappa shape index (κ2) is 49.3. The van der Waals surface area contributed by atoms with E-state index in [1.807, 2.05) is 181 Å². The van der Waals surface area contributed by atoms with Crippen molar-refractivity contribution in [2.75, 3.05) is 61.4 Å². The summed E-state index contributed by atoms with van der Waals surface area (Å²) in [5.41, 5.74) is 16.0. The largest absolute Gasteiger partial charge is 0.497 e. The molecular weight excluding hydrogens is 1880 g/mol. The lowest BCUT2D eigenvalue weighted by Crippen LogP contribution is -2.10. The zero-order valence-corrected chi connectivity index (χ0v) is 81.3. The van der Waals surface area contributed by atoms with Crippen LogP contribution in [0.4, 0.5) is 0 Å². The molecule has 2 aromatic heterocycles. The van der Waals surface area contributed by atoms with Gasteiger partial charge in [-0.3, -0.25) is 23.7 Å². The molecule has 3 N–H and O–H groups in total. The Labute approximate surface area is 822 Å². The molecule has 0 saturated carbocycles. The number of Topliss-reactive ketones (excluding diaryl/α,β-unsaturated/α-hetero) is 2. The number of rotatable bonds is 26. The fraction of sp³-hybridized carbons (Fsp3) is 0.178. The number of carboxylic acid groups (broad SMARTS) is 1. The van der Waals surface area contributed by atoms with Crippen molar-refractivity contribution in [3.8, 4) is 73.5 Å². The number of methoxy groups -OCH3 is 4. The van der Waals surface area contributed by atoms with Gasteiger partial charge in [-0.1, -0.05) is 184 Å². The van der Waals surface area contributed by atoms with Gasteiger partial charge in [-0.2, -0.15) is 10.2 Å². The van der Waals surface area contributed by atoms with Crippen molar-refractivity contribution in [3.63, 3.8) is 0 Å². The summed E-state index contributed by atoms with van der Waals surface area (Å²) in [6, 6.07) is 81.6. The van der Waals surface area contributed by atoms with Crippen LogP contribution in [-0.2, 0) is 19.0 Å². The second-order valence-corrected chi connectivity index (χ2v) is 33.7. The summed E-state index contributed by atoms with van der Waals surface area (Å²) in [6.07, 6.45) is 4.13. The van der Waals surface area contributed by atoms with Crippen LogP contribution in [-0.4, -0.2) is 122 Å². The van der Waals surface area contributed by atoms with E-state index in [1.165, 1.54) is 29.7 Å². The topological polar surface area (TPSA) is 258 Å². The van der Waals surface area contributed by atoms with Crippen LogP contribution < -0.4 is 29.4 Å². The van der Waals surface area contributed by atoms with Gasteiger partial charge in [0, 0.05) is 92.5 Å². The molecule has 2 heterocycles. The predicted molar refractivity (Wildman–Crippen MR) is 542 cm³/mol. The number of hydrogen-bond acceptors (Lipinski definition) is 17. The molecule has 2 atom stereocenters. The number of carbonyl (C=O) groups excluding carboxylic acids is 5. The van der Waals surface area contributed by atoms with Crippen LogP contribution in [0.3, 0.4) is 0 Å². The van der Waals surface area contributed by atoms with Gasteiger partial charge in [0.2, 0.25) is 0 Å². The Bertz CT molecular complexity index is 6840. The third kappa shape index (κ3) is 28.3. The number of esters is 3. The van der Waals surface area contributed by atoms with Gasteiger partial charge in [0.15, 0.2) is 11.6 Å². The summed E-state index contributed by atoms with van der Waals surface area (Å²) in [5.74, 6) is 1.69. The monoisotopic (exact) mass is 1970 g/mol. The highest BCUT2D eigenvalue weighted by Gasteiger charge is 2.24. The summed E-state index contributed by atoms with van der Waals surface area (Å²) < 4.78 is 44.8. The van der Waals surface area contributed by atoms with Gasteiger partial charge in [-0.05, 0) is 283 Å². The van der Waals surface area contributed by atoms with Crippen molar-refractivity contribution in [1.82, 2.24) is 19.6 Å². The van der Waals surface area contributed by atoms with Gasteiger partial charge < -0.3 is 48.7 Å². The summed E-state index contributed by atoms with van der Waals surface area (Å²) in [5, 5.41) is 31.4. The number of carbonyl (C=O) groups is 6. The molecule has 0 radical (unpaired) electrons. The second-order valence-electron chi connectivity index (χ2n) is 30.2. The Morgan fingerprint density at radius 1 is 0.333 bits per heavy atom. The van der Waals surface area contributed by atoms with E-state index in [9.17, 15) is 33.9 Å². The van der Waals surface area contributed by atoms with E-state index >= 15 is 0 Å². The molecule has 0 fully saturated rings. The predicted octanol–water partition coefficient (Wildman–Crippen LogP) is 28.4. The van der Waals surface area contributed by atoms with Crippen LogP contribution >= 0.6 is 92.8 Å². The molecule has 0 aliphatic heterocycles. The molecule has 0 aliphatic rings. The van der Waals surface area contributed by atoms with Gasteiger partial charge in [-0.25, -0.2) is 14.4 Å². The lowest BCUT2D eigenvalue weighted by atomic mass is 9.99. The van der Waals surface area contributed by atoms with Gasteiger partial charge in [-0.15, -0.1) is 0 Å². The standard InChI is InChI=1S/C31H26Cl2N2O3.C29H22Cl2N2O3.C20H14Cl2O3.C13H14O2.C9H8Cl2O2.C5H11NO2/c1-4-38-31(36)21-7-5-20(6-8-21)19(2)35-18-29(30(34-35)25-14-26(32)17-27(33)15-25)24-10-9-23-16-28(37-3)12-11-22(23)13-24;1-17(18-3-5-19(6-4-18)29(34)35)33-16-27(28(32-33)23-12-24(30)15-25(31)13-23)22-8-7-21-14-26(36-2)10-9-20(21)11-22;1-25-18-5-4-12-6-14(3-2-13(12)9-18)19(23)11-20(24)15-7-16(21)10-17(22)8-15;1-3-15-13-7-5-10-8-12(14-2)6-4-11(10)9-13;1-2-13-9(12)6-3-7(10)5-8(11)4-6;1-2-8-5(7)3-4-6/h5-19H,4H2,1-3H3;3-17H,1-2H3,(H,34,35);2-10H,11H2,1H3;4-9H,3H2,1-2H3;3-5H,2H2,1H3;2-4,6H2,1H3/t19-;17-;;;;/m00..../s1. The number of nitrogens with zero attached hydrogens (tertiary/aromatic N) is 4. The summed E-state index contributed by atoms with van der Waals surface area (Å²) in [4.78, 5) is 69.7. The Morgan fingerprint density at radius 2 is 0.644 bits per heavy atom. The minimum atomic E-state index is -0.954. The maximum Gasteiger partial charge on any atom is 0.338 e. The molecule has 16 aromatic rings. The summed E-state index contributed by atoms with van der Waals surface area (Å²) >= 11 is 48.6. The van der Waals surface area contributed by atoms with Crippen LogP contribution in [0.25, 0.3) is 87.9 Å². The van der Waals surface area contributed by atoms with Crippen molar-refractivity contribution in [1.29, 1.82) is 0 Å². The van der Waals surface area contributed by atoms with Crippen molar-refractivity contribution >= 4 is 171 Å². The van der Waals surface area contributed by atoms with E-state index in [0.717, 1.165) is 122 Å². The van der Waals surface area contributed by atoms with E-state index in [-0.39, 0.29) is 47.6 Å². The highest BCUT2D eigenvalue weighted by Crippen LogP contribution is 2.41. The number of hydrogen-bond donors (Lipinski definition) is 2. The first-order valence-corrected chi connectivity index (χ1v) is 45.6. The zero-order chi connectivity index (χ0) is 97.1. The zero-order valence-electron chi connectivity index (χ0n) is 75.2. The number of aromatic nitrogens is 4. The Balaban J connectivity index is 0.000000166. The van der Waals surface area contributed by atoms with Crippen LogP contribution in [0.5, 0.6) is 28.7 Å². The first-order chi connectivity index (χ1) is 64.9. The Morgan fingerprint density at radius 3 is 1.01 bits per heavy atom. The van der Waals surface area contributed by atoms with Crippen molar-refractivity contribution in [2.24, 2.45) is 5.73 Å². The molecule has 0 amide bonds. The van der Waals surface area contributed by atoms with Crippen LogP contribution in [0.2, 0.25) is 40.2 Å². The van der Waals surface area contributed by atoms with E-state index in [1.54, 1.807) is 110 Å². The highest BCUT2D eigenvalue weighted by molar-refractivity contribution is 6.37. The molecule has 135 heavy (non-hydrogen) atoms. The van der Waals surface area contributed by atoms with Crippen LogP contribution in [0, 0.1) is 0 Å². The normalized spacial score (nSPS) is 11.1. The first-order valence-electron chi connectivity index (χ1n) is 42.6. The lowest BCUT2D eigenvalue weighted by Gasteiger charge is -2.13. The number of ketones is 2. The average Bonchev–Trinajstić information content (AvgIpc) is 1.64. The molecule has 28 heteroatoms. The Hall–Kier alpha value is -13.0. The maximum absolute atomic E-state index is 12.5. The van der Waals surface area contributed by atoms with Gasteiger partial charge in [0.05, 0.1) is 96.5 Å². The quantitative estimate of drug-likeness (QED) is 0.0221. The third-order valence-electron chi connectivity index (χ3n) is 21.0. The van der Waals surface area contributed by atoms with Gasteiger partial charge >= 0.3 is 23.9 Å². The smallest absolute Gasteiger partial charge is 0.338 e. The number of fused-ring (bicyclic) bond motifs is 4. The lowest BCUT2D eigenvalue weighted by molar-refractivity contribution is -0.142. The molecule has 0 saturated heterocycles. The fourth-order valence-electron chi connectivity index (χ4n) is 14.2. The number of ether oxygens (including phenoxy) is 8. The third-order valence-corrected chi connectivity index (χ3v) is 22.8. The molecule has 14 aromatic carbocycles. The maximum atomic E-state index is 12.5. The Kier molecular flexibility index (Phi) is 37.5. The number of benzene rings is 14. The van der Waals surface area contributed by atoms with E-state index in [4.69, 9.17) is 142 Å². The summed E-state index contributed by atoms with van der Waals surface area (Å²) in [6.45, 7) is 13.6. The van der Waals surface area contributed by atoms with E-state index in [0.29, 0.717) is 102 Å². The van der Waals surface area contributed by atoms with Crippen molar-refractivity contribution in [2.45, 2.75) is 66.5 Å². The number of aromatic carboxylic acids is 1. The number of carboxylic acids is 1. The van der Waals surface area contributed by atoms with Crippen LogP contribution in [0.1, 0.15) is 129 Å². The summed E-state index contributed by atoms with van der Waals surface area (Å²) in [7, 11) is 6.60. The molecule has 0 bridgehead atoms. The SMILES string of the molecule is CCOC(=O)CCN.CCOC(=O)c1cc(Cl)cc(Cl)c1.CCOC(=O)c1ccc([C@H](C)n2cc(-c3ccc4cc(OC)ccc4c3)c(-c3cc(Cl)cc(Cl)c3)n2)cc1.CCOc1ccc2cc(OC)ccc2c1.COc1ccc2cc(-c3cn([C@@H](C)c4ccc(C(=O)O)cc4)nc3-c3cc(Cl)cc(Cl)c3)ccc2c1.COc1ccc2cc(C(=O)CC(=O)c3cc(Cl)cc(Cl)c3)ccc2c1. The van der Waals surface area contributed by atoms with Crippen LogP contribution in [0.15, 0.2) is 279 Å². The van der Waals surface area contributed by atoms with Crippen molar-refractivity contribution < 1.29 is 71.8 Å². The minimum absolute atomic E-state index is 0.0990. The molecular formula is C107H95Cl8N5O15. The molecule has 0 aliphatic carbocycles. The average molecular weight is 1970 g/mol. The number of halogens is 8. The number of nitrogens with two attached hydrogens (primary N) is 1. The highest BCUT2D eigenvalue weighted by atomic mass is 35.5. The van der Waals surface area contributed by atoms with E-state index in [2.05, 4.69) is 48.1 Å². The van der Waals surface area contributed by atoms with Gasteiger partial charge in [0.1, 0.15) is 40.1 Å². The van der Waals surface area contributed by atoms with Crippen molar-refractivity contribution in [3.05, 3.63) is 358 Å². The van der Waals surface area contributed by atoms with Gasteiger partial charge in [0.25, 0.3) is 0 Å². The molecule has 20 nitrogen and oxygen atoms in total. The molecule has 0 spiro atoms. The molecule has 0 unspecified atom stereocenters. The molecule has 694 valence electrons. The molecule has 16 rings (SSSR count). The fourth-order valence-corrected chi connectivity index (χ4v) is 16.3. The first kappa shape index (κ1) is 103. The minimum Gasteiger partial charge on any atom is -0.497 e.